The molecule has 0 aliphatic rings. The Morgan fingerprint density at radius 3 is 2.20 bits per heavy atom. The van der Waals surface area contributed by atoms with Crippen LogP contribution in [0.3, 0.4) is 0 Å². The van der Waals surface area contributed by atoms with Crippen LogP contribution in [0, 0.1) is 6.92 Å². The summed E-state index contributed by atoms with van der Waals surface area (Å²) in [5, 5.41) is 0. The van der Waals surface area contributed by atoms with E-state index in [0.29, 0.717) is 0 Å². The van der Waals surface area contributed by atoms with Crippen LogP contribution in [0.15, 0.2) is 66.2 Å². The zero-order valence-corrected chi connectivity index (χ0v) is 13.0. The monoisotopic (exact) mass is 264 g/mol. The van der Waals surface area contributed by atoms with Gasteiger partial charge in [-0.1, -0.05) is 80.1 Å². The maximum atomic E-state index is 2.36. The van der Waals surface area contributed by atoms with Crippen molar-refractivity contribution in [2.75, 3.05) is 0 Å². The van der Waals surface area contributed by atoms with E-state index in [9.17, 15) is 0 Å². The zero-order chi connectivity index (χ0) is 14.6. The lowest BCUT2D eigenvalue weighted by atomic mass is 9.76. The lowest BCUT2D eigenvalue weighted by Gasteiger charge is -2.28. The summed E-state index contributed by atoms with van der Waals surface area (Å²) in [5.41, 5.74) is 5.66. The van der Waals surface area contributed by atoms with E-state index in [2.05, 4.69) is 88.4 Å². The molecule has 0 fully saturated rings. The largest absolute Gasteiger partial charge is 0.0803 e. The SMILES string of the molecule is C/C(=C\Cc1ccccc1)C(C)(C)c1ccccc1C. The molecule has 0 unspecified atom stereocenters. The molecule has 0 aliphatic heterocycles. The second kappa shape index (κ2) is 6.09. The molecule has 0 bridgehead atoms. The third-order valence-corrected chi connectivity index (χ3v) is 4.29. The van der Waals surface area contributed by atoms with E-state index in [-0.39, 0.29) is 5.41 Å². The molecule has 0 amide bonds. The molecule has 0 heteroatoms. The normalized spacial score (nSPS) is 12.5. The lowest BCUT2D eigenvalue weighted by Crippen LogP contribution is -2.20. The Balaban J connectivity index is 2.23. The van der Waals surface area contributed by atoms with E-state index in [4.69, 9.17) is 0 Å². The fourth-order valence-corrected chi connectivity index (χ4v) is 2.63. The second-order valence-electron chi connectivity index (χ2n) is 6.02. The molecule has 104 valence electrons. The van der Waals surface area contributed by atoms with Crippen LogP contribution in [0.5, 0.6) is 0 Å². The first kappa shape index (κ1) is 14.6. The van der Waals surface area contributed by atoms with Gasteiger partial charge in [0.15, 0.2) is 0 Å². The Morgan fingerprint density at radius 2 is 1.55 bits per heavy atom. The zero-order valence-electron chi connectivity index (χ0n) is 13.0. The second-order valence-corrected chi connectivity index (χ2v) is 6.02. The van der Waals surface area contributed by atoms with Crippen LogP contribution in [0.2, 0.25) is 0 Å². The maximum Gasteiger partial charge on any atom is 0.0105 e. The molecule has 20 heavy (non-hydrogen) atoms. The fraction of sp³-hybridized carbons (Fsp3) is 0.300. The Morgan fingerprint density at radius 1 is 0.950 bits per heavy atom. The predicted octanol–water partition coefficient (Wildman–Crippen LogP) is 5.46. The van der Waals surface area contributed by atoms with Gasteiger partial charge in [0.2, 0.25) is 0 Å². The Labute approximate surface area is 123 Å². The first-order chi connectivity index (χ1) is 9.51. The van der Waals surface area contributed by atoms with Crippen molar-refractivity contribution >= 4 is 0 Å². The van der Waals surface area contributed by atoms with Gasteiger partial charge >= 0.3 is 0 Å². The molecule has 2 rings (SSSR count). The van der Waals surface area contributed by atoms with Crippen molar-refractivity contribution in [2.45, 2.75) is 39.5 Å². The summed E-state index contributed by atoms with van der Waals surface area (Å²) in [7, 11) is 0. The van der Waals surface area contributed by atoms with E-state index in [0.717, 1.165) is 6.42 Å². The summed E-state index contributed by atoms with van der Waals surface area (Å²) in [6.45, 7) is 9.06. The van der Waals surface area contributed by atoms with Gasteiger partial charge in [-0.2, -0.15) is 0 Å². The summed E-state index contributed by atoms with van der Waals surface area (Å²) in [5.74, 6) is 0. The van der Waals surface area contributed by atoms with E-state index in [1.54, 1.807) is 0 Å². The van der Waals surface area contributed by atoms with Crippen LogP contribution in [-0.4, -0.2) is 0 Å². The average Bonchev–Trinajstić information content (AvgIpc) is 2.46. The standard InChI is InChI=1S/C20H24/c1-16-10-8-9-13-19(16)20(3,4)17(2)14-15-18-11-6-5-7-12-18/h5-14H,15H2,1-4H3/b17-14+. The summed E-state index contributed by atoms with van der Waals surface area (Å²) in [6.07, 6.45) is 3.36. The molecular weight excluding hydrogens is 240 g/mol. The molecule has 0 spiro atoms. The highest BCUT2D eigenvalue weighted by molar-refractivity contribution is 5.39. The molecule has 2 aromatic carbocycles. The average molecular weight is 264 g/mol. The number of rotatable bonds is 4. The smallest absolute Gasteiger partial charge is 0.0105 e. The first-order valence-electron chi connectivity index (χ1n) is 7.29. The van der Waals surface area contributed by atoms with E-state index in [1.807, 2.05) is 0 Å². The van der Waals surface area contributed by atoms with Gasteiger partial charge < -0.3 is 0 Å². The number of hydrogen-bond acceptors (Lipinski definition) is 0. The molecular formula is C20H24. The Kier molecular flexibility index (Phi) is 4.44. The van der Waals surface area contributed by atoms with Gasteiger partial charge in [0.1, 0.15) is 0 Å². The van der Waals surface area contributed by atoms with Gasteiger partial charge in [-0.25, -0.2) is 0 Å². The Hall–Kier alpha value is -1.82. The first-order valence-corrected chi connectivity index (χ1v) is 7.29. The van der Waals surface area contributed by atoms with Crippen LogP contribution in [0.25, 0.3) is 0 Å². The summed E-state index contributed by atoms with van der Waals surface area (Å²) >= 11 is 0. The number of allylic oxidation sites excluding steroid dienone is 2. The van der Waals surface area contributed by atoms with Gasteiger partial charge in [0.05, 0.1) is 0 Å². The van der Waals surface area contributed by atoms with Crippen molar-refractivity contribution in [1.29, 1.82) is 0 Å². The van der Waals surface area contributed by atoms with Gasteiger partial charge in [-0.05, 0) is 37.0 Å². The molecule has 0 saturated heterocycles. The molecule has 0 N–H and O–H groups in total. The van der Waals surface area contributed by atoms with E-state index >= 15 is 0 Å². The highest BCUT2D eigenvalue weighted by atomic mass is 14.3. The molecule has 0 aromatic heterocycles. The molecule has 0 atom stereocenters. The minimum absolute atomic E-state index is 0.0835. The molecule has 0 radical (unpaired) electrons. The van der Waals surface area contributed by atoms with Crippen molar-refractivity contribution < 1.29 is 0 Å². The molecule has 0 saturated carbocycles. The van der Waals surface area contributed by atoms with Crippen molar-refractivity contribution in [3.63, 3.8) is 0 Å². The third kappa shape index (κ3) is 3.19. The van der Waals surface area contributed by atoms with E-state index < -0.39 is 0 Å². The van der Waals surface area contributed by atoms with Crippen LogP contribution in [-0.2, 0) is 11.8 Å². The maximum absolute atomic E-state index is 2.36. The minimum atomic E-state index is 0.0835. The lowest BCUT2D eigenvalue weighted by molar-refractivity contribution is 0.616. The van der Waals surface area contributed by atoms with Crippen molar-refractivity contribution in [3.05, 3.63) is 82.9 Å². The summed E-state index contributed by atoms with van der Waals surface area (Å²) in [6, 6.07) is 19.3. The van der Waals surface area contributed by atoms with Gasteiger partial charge in [-0.3, -0.25) is 0 Å². The highest BCUT2D eigenvalue weighted by Gasteiger charge is 2.23. The van der Waals surface area contributed by atoms with Crippen molar-refractivity contribution in [2.24, 2.45) is 0 Å². The summed E-state index contributed by atoms with van der Waals surface area (Å²) < 4.78 is 0. The summed E-state index contributed by atoms with van der Waals surface area (Å²) in [4.78, 5) is 0. The van der Waals surface area contributed by atoms with Crippen LogP contribution in [0.1, 0.15) is 37.5 Å². The number of hydrogen-bond donors (Lipinski definition) is 0. The number of benzene rings is 2. The van der Waals surface area contributed by atoms with Crippen molar-refractivity contribution in [3.8, 4) is 0 Å². The predicted molar refractivity (Wildman–Crippen MR) is 88.1 cm³/mol. The molecule has 0 heterocycles. The molecule has 2 aromatic rings. The van der Waals surface area contributed by atoms with Gasteiger partial charge in [0.25, 0.3) is 0 Å². The molecule has 0 aliphatic carbocycles. The number of aryl methyl sites for hydroxylation is 1. The highest BCUT2D eigenvalue weighted by Crippen LogP contribution is 2.33. The minimum Gasteiger partial charge on any atom is -0.0803 e. The van der Waals surface area contributed by atoms with E-state index in [1.165, 1.54) is 22.3 Å². The van der Waals surface area contributed by atoms with Crippen LogP contribution in [0.4, 0.5) is 0 Å². The third-order valence-electron chi connectivity index (χ3n) is 4.29. The van der Waals surface area contributed by atoms with Crippen molar-refractivity contribution in [1.82, 2.24) is 0 Å². The molecule has 0 nitrogen and oxygen atoms in total. The fourth-order valence-electron chi connectivity index (χ4n) is 2.63. The van der Waals surface area contributed by atoms with Crippen LogP contribution >= 0.6 is 0 Å². The van der Waals surface area contributed by atoms with Crippen LogP contribution < -0.4 is 0 Å². The van der Waals surface area contributed by atoms with Gasteiger partial charge in [-0.15, -0.1) is 0 Å². The topological polar surface area (TPSA) is 0 Å². The quantitative estimate of drug-likeness (QED) is 0.643. The van der Waals surface area contributed by atoms with Gasteiger partial charge in [0, 0.05) is 5.41 Å². The Bertz CT molecular complexity index is 588.